The van der Waals surface area contributed by atoms with Gasteiger partial charge in [-0.15, -0.1) is 11.3 Å². The van der Waals surface area contributed by atoms with Crippen LogP contribution < -0.4 is 10.1 Å². The maximum atomic E-state index is 13.6. The average Bonchev–Trinajstić information content (AvgIpc) is 3.34. The SMILES string of the molecule is COc1ccc(-c2ccccc2-c2csc([C@]3(CC(=O)O)C(=O)NCCCC[C@@H]3C(C)C)n2)cn1. The highest BCUT2D eigenvalue weighted by Gasteiger charge is 2.52. The lowest BCUT2D eigenvalue weighted by molar-refractivity contribution is -0.145. The summed E-state index contributed by atoms with van der Waals surface area (Å²) < 4.78 is 5.18. The zero-order chi connectivity index (χ0) is 25.0. The van der Waals surface area contributed by atoms with Gasteiger partial charge in [0.15, 0.2) is 0 Å². The summed E-state index contributed by atoms with van der Waals surface area (Å²) in [6, 6.07) is 11.7. The van der Waals surface area contributed by atoms with E-state index in [1.54, 1.807) is 13.3 Å². The number of thiazole rings is 1. The number of carbonyl (C=O) groups excluding carboxylic acids is 1. The van der Waals surface area contributed by atoms with Gasteiger partial charge in [-0.3, -0.25) is 9.59 Å². The number of carboxylic acids is 1. The first-order chi connectivity index (χ1) is 16.9. The van der Waals surface area contributed by atoms with Crippen molar-refractivity contribution in [2.75, 3.05) is 13.7 Å². The van der Waals surface area contributed by atoms with E-state index in [0.717, 1.165) is 41.6 Å². The molecule has 2 N–H and O–H groups in total. The Balaban J connectivity index is 1.83. The Morgan fingerprint density at radius 3 is 2.66 bits per heavy atom. The third-order valence-electron chi connectivity index (χ3n) is 6.85. The molecule has 0 aliphatic carbocycles. The molecule has 3 aromatic rings. The van der Waals surface area contributed by atoms with Gasteiger partial charge in [0.2, 0.25) is 11.8 Å². The van der Waals surface area contributed by atoms with Crippen molar-refractivity contribution in [2.24, 2.45) is 11.8 Å². The molecule has 0 spiro atoms. The fourth-order valence-corrected chi connectivity index (χ4v) is 6.25. The molecule has 1 amide bonds. The lowest BCUT2D eigenvalue weighted by Crippen LogP contribution is -2.53. The lowest BCUT2D eigenvalue weighted by Gasteiger charge is -2.40. The number of nitrogens with zero attached hydrogens (tertiary/aromatic N) is 2. The summed E-state index contributed by atoms with van der Waals surface area (Å²) in [5.41, 5.74) is 2.28. The van der Waals surface area contributed by atoms with Crippen molar-refractivity contribution < 1.29 is 19.4 Å². The Bertz CT molecular complexity index is 1190. The zero-order valence-electron chi connectivity index (χ0n) is 20.3. The van der Waals surface area contributed by atoms with Gasteiger partial charge >= 0.3 is 5.97 Å². The van der Waals surface area contributed by atoms with Crippen molar-refractivity contribution in [3.63, 3.8) is 0 Å². The molecule has 0 unspecified atom stereocenters. The summed E-state index contributed by atoms with van der Waals surface area (Å²) in [5.74, 6) is -0.686. The topological polar surface area (TPSA) is 101 Å². The predicted molar refractivity (Wildman–Crippen MR) is 136 cm³/mol. The Morgan fingerprint density at radius 1 is 1.23 bits per heavy atom. The van der Waals surface area contributed by atoms with Crippen molar-refractivity contribution >= 4 is 23.2 Å². The molecule has 0 radical (unpaired) electrons. The normalized spacial score (nSPS) is 20.7. The maximum Gasteiger partial charge on any atom is 0.304 e. The van der Waals surface area contributed by atoms with E-state index in [9.17, 15) is 14.7 Å². The van der Waals surface area contributed by atoms with Crippen molar-refractivity contribution in [2.45, 2.75) is 44.9 Å². The maximum absolute atomic E-state index is 13.6. The van der Waals surface area contributed by atoms with Crippen LogP contribution in [-0.4, -0.2) is 40.6 Å². The molecule has 1 saturated heterocycles. The van der Waals surface area contributed by atoms with Crippen LogP contribution in [0.3, 0.4) is 0 Å². The fourth-order valence-electron chi connectivity index (χ4n) is 5.17. The third-order valence-corrected chi connectivity index (χ3v) is 7.87. The van der Waals surface area contributed by atoms with Gasteiger partial charge in [-0.25, -0.2) is 9.97 Å². The number of aromatic nitrogens is 2. The van der Waals surface area contributed by atoms with Crippen molar-refractivity contribution in [1.29, 1.82) is 0 Å². The lowest BCUT2D eigenvalue weighted by atomic mass is 9.65. The van der Waals surface area contributed by atoms with E-state index in [0.29, 0.717) is 17.4 Å². The smallest absolute Gasteiger partial charge is 0.304 e. The van der Waals surface area contributed by atoms with Gasteiger partial charge < -0.3 is 15.2 Å². The molecule has 7 nitrogen and oxygen atoms in total. The number of hydrogen-bond donors (Lipinski definition) is 2. The second-order valence-corrected chi connectivity index (χ2v) is 10.2. The van der Waals surface area contributed by atoms with Gasteiger partial charge in [0.05, 0.1) is 19.2 Å². The van der Waals surface area contributed by atoms with Crippen LogP contribution in [0, 0.1) is 11.8 Å². The average molecular weight is 494 g/mol. The molecule has 2 atom stereocenters. The number of ether oxygens (including phenoxy) is 1. The van der Waals surface area contributed by atoms with E-state index in [1.165, 1.54) is 11.3 Å². The highest BCUT2D eigenvalue weighted by Crippen LogP contribution is 2.46. The summed E-state index contributed by atoms with van der Waals surface area (Å²) in [6.07, 6.45) is 4.11. The number of benzene rings is 1. The Kier molecular flexibility index (Phi) is 7.50. The molecule has 0 bridgehead atoms. The predicted octanol–water partition coefficient (Wildman–Crippen LogP) is 5.17. The summed E-state index contributed by atoms with van der Waals surface area (Å²) in [4.78, 5) is 35.0. The molecular formula is C27H31N3O4S. The number of carbonyl (C=O) groups is 2. The molecule has 8 heteroatoms. The molecule has 35 heavy (non-hydrogen) atoms. The zero-order valence-corrected chi connectivity index (χ0v) is 21.1. The first kappa shape index (κ1) is 24.9. The van der Waals surface area contributed by atoms with E-state index in [2.05, 4.69) is 24.1 Å². The van der Waals surface area contributed by atoms with E-state index in [1.807, 2.05) is 41.8 Å². The Morgan fingerprint density at radius 2 is 2.00 bits per heavy atom. The monoisotopic (exact) mass is 493 g/mol. The molecule has 3 heterocycles. The highest BCUT2D eigenvalue weighted by molar-refractivity contribution is 7.10. The van der Waals surface area contributed by atoms with Gasteiger partial charge in [0.1, 0.15) is 10.4 Å². The minimum atomic E-state index is -1.21. The van der Waals surface area contributed by atoms with Crippen molar-refractivity contribution in [3.05, 3.63) is 53.0 Å². The van der Waals surface area contributed by atoms with Crippen LogP contribution in [0.4, 0.5) is 0 Å². The van der Waals surface area contributed by atoms with Crippen LogP contribution in [-0.2, 0) is 15.0 Å². The number of nitrogens with one attached hydrogen (secondary N) is 1. The van der Waals surface area contributed by atoms with Crippen molar-refractivity contribution in [1.82, 2.24) is 15.3 Å². The minimum absolute atomic E-state index is 0.126. The molecular weight excluding hydrogens is 462 g/mol. The number of carboxylic acid groups (broad SMARTS) is 1. The summed E-state index contributed by atoms with van der Waals surface area (Å²) in [6.45, 7) is 4.68. The standard InChI is InChI=1S/C27H31N3O4S/c1-17(2)21-10-6-7-13-28-25(33)27(21,14-24(31)32)26-30-22(16-35-26)20-9-5-4-8-19(20)18-11-12-23(34-3)29-15-18/h4-5,8-9,11-12,15-17,21H,6-7,10,13-14H2,1-3H3,(H,28,33)(H,31,32)/t21-,27+/m1/s1. The van der Waals surface area contributed by atoms with Gasteiger partial charge in [0.25, 0.3) is 0 Å². The van der Waals surface area contributed by atoms with Crippen LogP contribution in [0.1, 0.15) is 44.5 Å². The van der Waals surface area contributed by atoms with Crippen LogP contribution in [0.15, 0.2) is 48.0 Å². The number of rotatable bonds is 7. The van der Waals surface area contributed by atoms with E-state index in [4.69, 9.17) is 9.72 Å². The van der Waals surface area contributed by atoms with E-state index in [-0.39, 0.29) is 24.2 Å². The summed E-state index contributed by atoms with van der Waals surface area (Å²) in [7, 11) is 1.58. The number of pyridine rings is 1. The molecule has 1 aliphatic rings. The quantitative estimate of drug-likeness (QED) is 0.471. The summed E-state index contributed by atoms with van der Waals surface area (Å²) in [5, 5.41) is 15.4. The molecule has 2 aromatic heterocycles. The molecule has 4 rings (SSSR count). The van der Waals surface area contributed by atoms with Crippen LogP contribution in [0.25, 0.3) is 22.4 Å². The van der Waals surface area contributed by atoms with Gasteiger partial charge in [-0.1, -0.05) is 44.5 Å². The first-order valence-corrected chi connectivity index (χ1v) is 12.8. The number of amides is 1. The Labute approximate surface area is 209 Å². The van der Waals surface area contributed by atoms with E-state index >= 15 is 0 Å². The van der Waals surface area contributed by atoms with Gasteiger partial charge in [-0.05, 0) is 36.3 Å². The van der Waals surface area contributed by atoms with Gasteiger partial charge in [-0.2, -0.15) is 0 Å². The molecule has 1 aliphatic heterocycles. The fraction of sp³-hybridized carbons (Fsp3) is 0.407. The third kappa shape index (κ3) is 4.93. The van der Waals surface area contributed by atoms with Gasteiger partial charge in [0, 0.05) is 35.3 Å². The number of methoxy groups -OCH3 is 1. The number of hydrogen-bond acceptors (Lipinski definition) is 6. The first-order valence-electron chi connectivity index (χ1n) is 11.9. The van der Waals surface area contributed by atoms with Crippen LogP contribution in [0.5, 0.6) is 5.88 Å². The molecule has 0 saturated carbocycles. The highest BCUT2D eigenvalue weighted by atomic mass is 32.1. The van der Waals surface area contributed by atoms with Crippen molar-refractivity contribution in [3.8, 4) is 28.3 Å². The van der Waals surface area contributed by atoms with E-state index < -0.39 is 11.4 Å². The van der Waals surface area contributed by atoms with Crippen LogP contribution >= 0.6 is 11.3 Å². The Hall–Kier alpha value is -3.26. The molecule has 184 valence electrons. The second kappa shape index (κ2) is 10.6. The largest absolute Gasteiger partial charge is 0.481 e. The summed E-state index contributed by atoms with van der Waals surface area (Å²) >= 11 is 1.37. The second-order valence-electron chi connectivity index (χ2n) is 9.32. The number of aliphatic carboxylic acids is 1. The van der Waals surface area contributed by atoms with Crippen LogP contribution in [0.2, 0.25) is 0 Å². The molecule has 1 aromatic carbocycles. The minimum Gasteiger partial charge on any atom is -0.481 e. The molecule has 1 fully saturated rings.